The topological polar surface area (TPSA) is 58.1 Å². The molecule has 134 valence electrons. The second-order valence-electron chi connectivity index (χ2n) is 5.60. The van der Waals surface area contributed by atoms with Crippen LogP contribution in [0.2, 0.25) is 4.34 Å². The third-order valence-electron chi connectivity index (χ3n) is 3.56. The summed E-state index contributed by atoms with van der Waals surface area (Å²) in [5, 5.41) is 3.64. The molecule has 0 aliphatic rings. The summed E-state index contributed by atoms with van der Waals surface area (Å²) < 4.78 is 0.722. The Morgan fingerprint density at radius 3 is 2.69 bits per heavy atom. The molecule has 3 aromatic rings. The van der Waals surface area contributed by atoms with Crippen molar-refractivity contribution >= 4 is 46.4 Å². The maximum absolute atomic E-state index is 12.4. The fourth-order valence-electron chi connectivity index (χ4n) is 2.24. The van der Waals surface area contributed by atoms with Crippen molar-refractivity contribution in [3.8, 4) is 0 Å². The van der Waals surface area contributed by atoms with Crippen LogP contribution < -0.4 is 5.32 Å². The van der Waals surface area contributed by atoms with Crippen LogP contribution in [0.5, 0.6) is 0 Å². The number of urea groups is 1. The second kappa shape index (κ2) is 8.53. The fourth-order valence-corrected chi connectivity index (χ4v) is 4.19. The molecule has 0 fully saturated rings. The Kier molecular flexibility index (Phi) is 6.13. The van der Waals surface area contributed by atoms with Gasteiger partial charge in [-0.05, 0) is 60.6 Å². The molecule has 0 aliphatic heterocycles. The third kappa shape index (κ3) is 4.97. The van der Waals surface area contributed by atoms with Crippen LogP contribution in [0, 0.1) is 6.92 Å². The highest BCUT2D eigenvalue weighted by atomic mass is 35.5. The molecular formula is C18H17ClN4OS2. The van der Waals surface area contributed by atoms with Gasteiger partial charge >= 0.3 is 6.03 Å². The van der Waals surface area contributed by atoms with E-state index in [1.807, 2.05) is 37.3 Å². The number of halogens is 1. The number of nitrogens with one attached hydrogen (secondary N) is 1. The highest BCUT2D eigenvalue weighted by Gasteiger charge is 2.12. The lowest BCUT2D eigenvalue weighted by molar-refractivity contribution is 0.221. The number of hydrogen-bond acceptors (Lipinski definition) is 5. The number of rotatable bonds is 5. The van der Waals surface area contributed by atoms with E-state index in [-0.39, 0.29) is 6.03 Å². The van der Waals surface area contributed by atoms with E-state index in [0.717, 1.165) is 25.4 Å². The highest BCUT2D eigenvalue weighted by Crippen LogP contribution is 2.28. The predicted octanol–water partition coefficient (Wildman–Crippen LogP) is 5.32. The van der Waals surface area contributed by atoms with Gasteiger partial charge in [-0.2, -0.15) is 0 Å². The van der Waals surface area contributed by atoms with Crippen LogP contribution in [-0.4, -0.2) is 27.9 Å². The van der Waals surface area contributed by atoms with Gasteiger partial charge in [-0.3, -0.25) is 0 Å². The van der Waals surface area contributed by atoms with Gasteiger partial charge in [-0.1, -0.05) is 11.6 Å². The van der Waals surface area contributed by atoms with Gasteiger partial charge < -0.3 is 10.2 Å². The molecule has 26 heavy (non-hydrogen) atoms. The van der Waals surface area contributed by atoms with E-state index >= 15 is 0 Å². The van der Waals surface area contributed by atoms with Gasteiger partial charge in [-0.25, -0.2) is 14.8 Å². The van der Waals surface area contributed by atoms with Crippen molar-refractivity contribution in [2.75, 3.05) is 12.4 Å². The monoisotopic (exact) mass is 404 g/mol. The van der Waals surface area contributed by atoms with Crippen molar-refractivity contribution in [1.82, 2.24) is 14.9 Å². The Hall–Kier alpha value is -2.09. The summed E-state index contributed by atoms with van der Waals surface area (Å²) in [5.74, 6) is 0. The molecule has 2 amide bonds. The largest absolute Gasteiger partial charge is 0.322 e. The molecule has 0 saturated carbocycles. The van der Waals surface area contributed by atoms with Crippen LogP contribution in [0.4, 0.5) is 10.5 Å². The smallest absolute Gasteiger partial charge is 0.321 e. The zero-order valence-corrected chi connectivity index (χ0v) is 16.7. The molecule has 0 spiro atoms. The predicted molar refractivity (Wildman–Crippen MR) is 107 cm³/mol. The first-order chi connectivity index (χ1) is 12.5. The summed E-state index contributed by atoms with van der Waals surface area (Å²) in [5.41, 5.74) is 1.76. The summed E-state index contributed by atoms with van der Waals surface area (Å²) in [4.78, 5) is 24.5. The SMILES string of the molecule is Cc1cc(Sc2ncccn2)ccc1NC(=O)N(C)Cc1ccc(Cl)s1. The van der Waals surface area contributed by atoms with Crippen molar-refractivity contribution in [2.24, 2.45) is 0 Å². The van der Waals surface area contributed by atoms with Crippen LogP contribution in [-0.2, 0) is 6.54 Å². The molecule has 1 aromatic carbocycles. The molecule has 0 aliphatic carbocycles. The van der Waals surface area contributed by atoms with Crippen molar-refractivity contribution in [3.05, 3.63) is 63.6 Å². The van der Waals surface area contributed by atoms with E-state index in [4.69, 9.17) is 11.6 Å². The molecular weight excluding hydrogens is 388 g/mol. The van der Waals surface area contributed by atoms with Crippen molar-refractivity contribution in [1.29, 1.82) is 0 Å². The fraction of sp³-hybridized carbons (Fsp3) is 0.167. The minimum absolute atomic E-state index is 0.163. The highest BCUT2D eigenvalue weighted by molar-refractivity contribution is 7.99. The van der Waals surface area contributed by atoms with Crippen LogP contribution in [0.3, 0.4) is 0 Å². The Morgan fingerprint density at radius 1 is 1.27 bits per heavy atom. The van der Waals surface area contributed by atoms with Crippen molar-refractivity contribution < 1.29 is 4.79 Å². The number of thiophene rings is 1. The summed E-state index contributed by atoms with van der Waals surface area (Å²) in [6.45, 7) is 2.48. The van der Waals surface area contributed by atoms with E-state index < -0.39 is 0 Å². The Morgan fingerprint density at radius 2 is 2.04 bits per heavy atom. The van der Waals surface area contributed by atoms with Crippen molar-refractivity contribution in [3.63, 3.8) is 0 Å². The number of aryl methyl sites for hydroxylation is 1. The quantitative estimate of drug-likeness (QED) is 0.585. The Balaban J connectivity index is 1.63. The van der Waals surface area contributed by atoms with E-state index in [1.54, 1.807) is 30.4 Å². The maximum atomic E-state index is 12.4. The molecule has 2 heterocycles. The van der Waals surface area contributed by atoms with E-state index in [0.29, 0.717) is 11.7 Å². The summed E-state index contributed by atoms with van der Waals surface area (Å²) in [6.07, 6.45) is 3.43. The van der Waals surface area contributed by atoms with Gasteiger partial charge in [0.1, 0.15) is 0 Å². The van der Waals surface area contributed by atoms with Gasteiger partial charge in [-0.15, -0.1) is 11.3 Å². The van der Waals surface area contributed by atoms with Crippen LogP contribution in [0.25, 0.3) is 0 Å². The van der Waals surface area contributed by atoms with Crippen molar-refractivity contribution in [2.45, 2.75) is 23.5 Å². The average Bonchev–Trinajstić information content (AvgIpc) is 3.03. The van der Waals surface area contributed by atoms with Crippen LogP contribution in [0.15, 0.2) is 58.8 Å². The number of aromatic nitrogens is 2. The summed E-state index contributed by atoms with van der Waals surface area (Å²) >= 11 is 8.89. The summed E-state index contributed by atoms with van der Waals surface area (Å²) in [7, 11) is 1.76. The van der Waals surface area contributed by atoms with E-state index in [1.165, 1.54) is 23.1 Å². The first-order valence-corrected chi connectivity index (χ1v) is 9.84. The normalized spacial score (nSPS) is 10.6. The molecule has 0 unspecified atom stereocenters. The van der Waals surface area contributed by atoms with E-state index in [9.17, 15) is 4.79 Å². The van der Waals surface area contributed by atoms with Gasteiger partial charge in [0.2, 0.25) is 0 Å². The first-order valence-electron chi connectivity index (χ1n) is 7.83. The number of amides is 2. The van der Waals surface area contributed by atoms with Crippen LogP contribution >= 0.6 is 34.7 Å². The molecule has 0 bridgehead atoms. The average molecular weight is 405 g/mol. The molecule has 0 radical (unpaired) electrons. The zero-order valence-electron chi connectivity index (χ0n) is 14.3. The lowest BCUT2D eigenvalue weighted by Crippen LogP contribution is -2.30. The molecule has 3 rings (SSSR count). The third-order valence-corrected chi connectivity index (χ3v) is 5.66. The standard InChI is InChI=1S/C18H17ClN4OS2/c1-12-10-13(26-17-20-8-3-9-21-17)4-6-15(12)22-18(24)23(2)11-14-5-7-16(19)25-14/h3-10H,11H2,1-2H3,(H,22,24). The molecule has 8 heteroatoms. The van der Waals surface area contributed by atoms with Crippen LogP contribution in [0.1, 0.15) is 10.4 Å². The van der Waals surface area contributed by atoms with Gasteiger partial charge in [0.25, 0.3) is 0 Å². The Bertz CT molecular complexity index is 901. The summed E-state index contributed by atoms with van der Waals surface area (Å²) in [6, 6.07) is 11.2. The number of nitrogens with zero attached hydrogens (tertiary/aromatic N) is 3. The first kappa shape index (κ1) is 18.7. The van der Waals surface area contributed by atoms with Gasteiger partial charge in [0.05, 0.1) is 10.9 Å². The maximum Gasteiger partial charge on any atom is 0.321 e. The zero-order chi connectivity index (χ0) is 18.5. The van der Waals surface area contributed by atoms with E-state index in [2.05, 4.69) is 15.3 Å². The number of anilines is 1. The lowest BCUT2D eigenvalue weighted by atomic mass is 10.2. The number of carbonyl (C=O) groups excluding carboxylic acids is 1. The molecule has 0 atom stereocenters. The molecule has 1 N–H and O–H groups in total. The minimum Gasteiger partial charge on any atom is -0.322 e. The number of benzene rings is 1. The van der Waals surface area contributed by atoms with Gasteiger partial charge in [0, 0.05) is 34.9 Å². The molecule has 0 saturated heterocycles. The molecule has 2 aromatic heterocycles. The second-order valence-corrected chi connectivity index (χ2v) is 8.44. The number of carbonyl (C=O) groups is 1. The Labute approximate surface area is 165 Å². The van der Waals surface area contributed by atoms with Gasteiger partial charge in [0.15, 0.2) is 5.16 Å². The minimum atomic E-state index is -0.163. The molecule has 5 nitrogen and oxygen atoms in total. The lowest BCUT2D eigenvalue weighted by Gasteiger charge is -2.18. The number of hydrogen-bond donors (Lipinski definition) is 1.